The molecule has 5 heteroatoms. The van der Waals surface area contributed by atoms with E-state index in [1.54, 1.807) is 18.6 Å². The minimum atomic E-state index is 0.696. The second kappa shape index (κ2) is 5.81. The van der Waals surface area contributed by atoms with Gasteiger partial charge >= 0.3 is 0 Å². The summed E-state index contributed by atoms with van der Waals surface area (Å²) in [6.07, 6.45) is 6.98. The van der Waals surface area contributed by atoms with Crippen molar-refractivity contribution in [2.75, 3.05) is 5.32 Å². The number of furan rings is 1. The molecular formula is C21H16N4O. The zero-order valence-electron chi connectivity index (χ0n) is 14.0. The second-order valence-electron chi connectivity index (χ2n) is 6.37. The van der Waals surface area contributed by atoms with Crippen molar-refractivity contribution in [3.8, 4) is 11.5 Å². The van der Waals surface area contributed by atoms with E-state index < -0.39 is 0 Å². The number of pyridine rings is 2. The summed E-state index contributed by atoms with van der Waals surface area (Å²) in [7, 11) is 0. The third-order valence-electron chi connectivity index (χ3n) is 4.73. The van der Waals surface area contributed by atoms with Crippen LogP contribution in [0.4, 0.5) is 11.4 Å². The largest absolute Gasteiger partial charge is 0.451 e. The van der Waals surface area contributed by atoms with E-state index >= 15 is 0 Å². The minimum absolute atomic E-state index is 0.696. The second-order valence-corrected chi connectivity index (χ2v) is 6.37. The molecule has 0 fully saturated rings. The van der Waals surface area contributed by atoms with Crippen LogP contribution >= 0.6 is 0 Å². The van der Waals surface area contributed by atoms with Crippen LogP contribution in [-0.2, 0) is 6.42 Å². The van der Waals surface area contributed by atoms with Crippen LogP contribution in [0.1, 0.15) is 17.5 Å². The van der Waals surface area contributed by atoms with Gasteiger partial charge < -0.3 is 15.1 Å². The van der Waals surface area contributed by atoms with E-state index in [1.807, 2.05) is 36.4 Å². The molecule has 0 bridgehead atoms. The molecule has 0 aliphatic heterocycles. The average molecular weight is 340 g/mol. The number of benzene rings is 1. The smallest absolute Gasteiger partial charge is 0.177 e. The number of aryl methyl sites for hydroxylation is 1. The summed E-state index contributed by atoms with van der Waals surface area (Å²) in [4.78, 5) is 8.59. The number of hydrogen-bond acceptors (Lipinski definition) is 5. The Kier molecular flexibility index (Phi) is 3.31. The third kappa shape index (κ3) is 2.37. The van der Waals surface area contributed by atoms with Crippen LogP contribution in [0.5, 0.6) is 0 Å². The maximum atomic E-state index is 8.00. The van der Waals surface area contributed by atoms with Crippen molar-refractivity contribution in [3.05, 3.63) is 72.2 Å². The highest BCUT2D eigenvalue weighted by molar-refractivity contribution is 6.03. The van der Waals surface area contributed by atoms with E-state index in [-0.39, 0.29) is 0 Å². The zero-order chi connectivity index (χ0) is 17.5. The molecule has 0 unspecified atom stereocenters. The van der Waals surface area contributed by atoms with Crippen molar-refractivity contribution in [2.24, 2.45) is 0 Å². The molecule has 0 saturated heterocycles. The molecule has 126 valence electrons. The van der Waals surface area contributed by atoms with Gasteiger partial charge in [-0.15, -0.1) is 0 Å². The summed E-state index contributed by atoms with van der Waals surface area (Å²) in [5.41, 5.74) is 6.35. The first-order valence-corrected chi connectivity index (χ1v) is 8.55. The van der Waals surface area contributed by atoms with Crippen molar-refractivity contribution in [1.82, 2.24) is 9.97 Å². The Labute approximate surface area is 150 Å². The summed E-state index contributed by atoms with van der Waals surface area (Å²) in [6, 6.07) is 13.9. The van der Waals surface area contributed by atoms with Crippen LogP contribution in [-0.4, -0.2) is 15.7 Å². The standard InChI is InChI=1S/C21H16N4O/c22-17-7-4-13-11-14(5-6-15(13)17)25-20-16-8-10-23-12-19(16)26-21(20)18-3-1-2-9-24-18/h1-3,5-6,8-12,22,25H,4,7H2. The molecule has 0 atom stereocenters. The number of nitrogens with one attached hydrogen (secondary N) is 2. The predicted molar refractivity (Wildman–Crippen MR) is 102 cm³/mol. The van der Waals surface area contributed by atoms with Crippen molar-refractivity contribution < 1.29 is 4.42 Å². The highest BCUT2D eigenvalue weighted by Crippen LogP contribution is 2.39. The minimum Gasteiger partial charge on any atom is -0.451 e. The summed E-state index contributed by atoms with van der Waals surface area (Å²) in [6.45, 7) is 0. The fraction of sp³-hybridized carbons (Fsp3) is 0.0952. The van der Waals surface area contributed by atoms with Crippen LogP contribution < -0.4 is 5.32 Å². The Morgan fingerprint density at radius 1 is 1.04 bits per heavy atom. The van der Waals surface area contributed by atoms with Crippen molar-refractivity contribution >= 4 is 28.1 Å². The van der Waals surface area contributed by atoms with Gasteiger partial charge in [-0.1, -0.05) is 12.1 Å². The lowest BCUT2D eigenvalue weighted by Crippen LogP contribution is -1.95. The van der Waals surface area contributed by atoms with Gasteiger partial charge in [0.1, 0.15) is 5.69 Å². The van der Waals surface area contributed by atoms with Gasteiger partial charge in [-0.25, -0.2) is 0 Å². The highest BCUT2D eigenvalue weighted by atomic mass is 16.3. The monoisotopic (exact) mass is 340 g/mol. The van der Waals surface area contributed by atoms with Gasteiger partial charge in [-0.2, -0.15) is 0 Å². The van der Waals surface area contributed by atoms with E-state index in [9.17, 15) is 0 Å². The lowest BCUT2D eigenvalue weighted by molar-refractivity contribution is 0.628. The average Bonchev–Trinajstić information content (AvgIpc) is 3.24. The van der Waals surface area contributed by atoms with Gasteiger partial charge in [0.25, 0.3) is 0 Å². The van der Waals surface area contributed by atoms with Crippen LogP contribution in [0.2, 0.25) is 0 Å². The van der Waals surface area contributed by atoms with Gasteiger partial charge in [0.2, 0.25) is 0 Å². The van der Waals surface area contributed by atoms with Crippen LogP contribution in [0, 0.1) is 5.41 Å². The molecule has 1 aromatic carbocycles. The SMILES string of the molecule is N=C1CCc2cc(Nc3c(-c4ccccn4)oc4cnccc34)ccc21. The van der Waals surface area contributed by atoms with Gasteiger partial charge in [0, 0.05) is 29.2 Å². The molecule has 5 nitrogen and oxygen atoms in total. The molecule has 3 heterocycles. The Bertz CT molecular complexity index is 1130. The third-order valence-corrected chi connectivity index (χ3v) is 4.73. The predicted octanol–water partition coefficient (Wildman–Crippen LogP) is 4.95. The quantitative estimate of drug-likeness (QED) is 0.553. The number of hydrogen-bond donors (Lipinski definition) is 2. The molecule has 26 heavy (non-hydrogen) atoms. The summed E-state index contributed by atoms with van der Waals surface area (Å²) >= 11 is 0. The Balaban J connectivity index is 1.63. The summed E-state index contributed by atoms with van der Waals surface area (Å²) in [5.74, 6) is 0.696. The molecule has 1 aliphatic carbocycles. The summed E-state index contributed by atoms with van der Waals surface area (Å²) < 4.78 is 6.05. The van der Waals surface area contributed by atoms with Crippen LogP contribution in [0.15, 0.2) is 65.5 Å². The topological polar surface area (TPSA) is 74.8 Å². The number of anilines is 2. The summed E-state index contributed by atoms with van der Waals surface area (Å²) in [5, 5.41) is 12.5. The van der Waals surface area contributed by atoms with E-state index in [4.69, 9.17) is 9.83 Å². The molecule has 0 amide bonds. The molecule has 5 rings (SSSR count). The van der Waals surface area contributed by atoms with Gasteiger partial charge in [-0.05, 0) is 54.3 Å². The molecule has 4 aromatic rings. The van der Waals surface area contributed by atoms with E-state index in [0.29, 0.717) is 5.76 Å². The van der Waals surface area contributed by atoms with Gasteiger partial charge in [0.05, 0.1) is 11.9 Å². The normalized spacial score (nSPS) is 13.2. The van der Waals surface area contributed by atoms with Gasteiger partial charge in [0.15, 0.2) is 11.3 Å². The number of aromatic nitrogens is 2. The molecule has 1 aliphatic rings. The Hall–Kier alpha value is -3.47. The molecule has 0 saturated carbocycles. The lowest BCUT2D eigenvalue weighted by Gasteiger charge is -2.09. The Morgan fingerprint density at radius 3 is 2.88 bits per heavy atom. The van der Waals surface area contributed by atoms with Crippen LogP contribution in [0.25, 0.3) is 22.4 Å². The lowest BCUT2D eigenvalue weighted by atomic mass is 10.1. The van der Waals surface area contributed by atoms with Crippen LogP contribution in [0.3, 0.4) is 0 Å². The van der Waals surface area contributed by atoms with E-state index in [0.717, 1.165) is 52.2 Å². The van der Waals surface area contributed by atoms with Crippen molar-refractivity contribution in [3.63, 3.8) is 0 Å². The molecule has 0 radical (unpaired) electrons. The van der Waals surface area contributed by atoms with Crippen molar-refractivity contribution in [2.45, 2.75) is 12.8 Å². The first-order chi connectivity index (χ1) is 12.8. The maximum Gasteiger partial charge on any atom is 0.177 e. The molecule has 0 spiro atoms. The zero-order valence-corrected chi connectivity index (χ0v) is 14.0. The fourth-order valence-electron chi connectivity index (χ4n) is 3.46. The number of rotatable bonds is 3. The molecule has 3 aromatic heterocycles. The fourth-order valence-corrected chi connectivity index (χ4v) is 3.46. The van der Waals surface area contributed by atoms with E-state index in [2.05, 4.69) is 21.4 Å². The first kappa shape index (κ1) is 14.8. The first-order valence-electron chi connectivity index (χ1n) is 8.55. The molecule has 2 N–H and O–H groups in total. The molecular weight excluding hydrogens is 324 g/mol. The number of fused-ring (bicyclic) bond motifs is 2. The van der Waals surface area contributed by atoms with Gasteiger partial charge in [-0.3, -0.25) is 9.97 Å². The maximum absolute atomic E-state index is 8.00. The van der Waals surface area contributed by atoms with E-state index in [1.165, 1.54) is 5.56 Å². The van der Waals surface area contributed by atoms with Crippen molar-refractivity contribution in [1.29, 1.82) is 5.41 Å². The Morgan fingerprint density at radius 2 is 2.00 bits per heavy atom. The highest BCUT2D eigenvalue weighted by Gasteiger charge is 2.19. The number of nitrogens with zero attached hydrogens (tertiary/aromatic N) is 2.